The lowest BCUT2D eigenvalue weighted by atomic mass is 9.88. The largest absolute Gasteiger partial charge is 0.496 e. The number of ether oxygens (including phenoxy) is 1. The van der Waals surface area contributed by atoms with Gasteiger partial charge in [0.1, 0.15) is 5.75 Å². The summed E-state index contributed by atoms with van der Waals surface area (Å²) in [6.07, 6.45) is 1.17. The van der Waals surface area contributed by atoms with Gasteiger partial charge in [0.2, 0.25) is 0 Å². The van der Waals surface area contributed by atoms with Crippen molar-refractivity contribution < 1.29 is 4.74 Å². The molecule has 0 N–H and O–H groups in total. The number of rotatable bonds is 4. The van der Waals surface area contributed by atoms with E-state index in [0.717, 1.165) is 5.75 Å². The Kier molecular flexibility index (Phi) is 4.19. The molecule has 0 aliphatic carbocycles. The van der Waals surface area contributed by atoms with Crippen LogP contribution in [-0.2, 0) is 0 Å². The van der Waals surface area contributed by atoms with Crippen LogP contribution in [0.3, 0.4) is 0 Å². The molecule has 0 spiro atoms. The molecule has 1 nitrogen and oxygen atoms in total. The first-order valence-corrected chi connectivity index (χ1v) is 5.78. The molecule has 84 valence electrons. The Morgan fingerprint density at radius 2 is 1.87 bits per heavy atom. The van der Waals surface area contributed by atoms with Crippen molar-refractivity contribution in [2.24, 2.45) is 0 Å². The van der Waals surface area contributed by atoms with Crippen LogP contribution in [0.2, 0.25) is 0 Å². The Morgan fingerprint density at radius 1 is 1.20 bits per heavy atom. The summed E-state index contributed by atoms with van der Waals surface area (Å²) in [6, 6.07) is 6.37. The van der Waals surface area contributed by atoms with Crippen LogP contribution in [0.15, 0.2) is 18.2 Å². The molecule has 0 saturated heterocycles. The molecule has 1 aromatic carbocycles. The normalized spacial score (nSPS) is 12.9. The van der Waals surface area contributed by atoms with Crippen LogP contribution < -0.4 is 4.74 Å². The molecule has 1 atom stereocenters. The number of benzene rings is 1. The first-order valence-electron chi connectivity index (χ1n) is 5.78. The second-order valence-corrected chi connectivity index (χ2v) is 4.43. The van der Waals surface area contributed by atoms with Gasteiger partial charge in [-0.15, -0.1) is 0 Å². The topological polar surface area (TPSA) is 9.23 Å². The Morgan fingerprint density at radius 3 is 2.33 bits per heavy atom. The maximum absolute atomic E-state index is 5.44. The Bertz CT molecular complexity index is 315. The van der Waals surface area contributed by atoms with Gasteiger partial charge in [0, 0.05) is 5.56 Å². The molecule has 0 amide bonds. The van der Waals surface area contributed by atoms with E-state index in [0.29, 0.717) is 11.8 Å². The van der Waals surface area contributed by atoms with Crippen molar-refractivity contribution in [1.82, 2.24) is 0 Å². The fourth-order valence-electron chi connectivity index (χ4n) is 2.01. The SMILES string of the molecule is CCC(C)c1cccc(OC)c1C(C)C. The molecule has 0 aliphatic rings. The van der Waals surface area contributed by atoms with Gasteiger partial charge in [-0.2, -0.15) is 0 Å². The second-order valence-electron chi connectivity index (χ2n) is 4.43. The van der Waals surface area contributed by atoms with Crippen LogP contribution in [0.25, 0.3) is 0 Å². The summed E-state index contributed by atoms with van der Waals surface area (Å²) in [5.74, 6) is 2.16. The third-order valence-electron chi connectivity index (χ3n) is 3.04. The molecule has 0 radical (unpaired) electrons. The summed E-state index contributed by atoms with van der Waals surface area (Å²) in [7, 11) is 1.75. The summed E-state index contributed by atoms with van der Waals surface area (Å²) in [4.78, 5) is 0. The van der Waals surface area contributed by atoms with Crippen molar-refractivity contribution in [1.29, 1.82) is 0 Å². The Balaban J connectivity index is 3.25. The van der Waals surface area contributed by atoms with Gasteiger partial charge in [-0.25, -0.2) is 0 Å². The third-order valence-corrected chi connectivity index (χ3v) is 3.04. The van der Waals surface area contributed by atoms with Crippen LogP contribution in [0.4, 0.5) is 0 Å². The van der Waals surface area contributed by atoms with Crippen molar-refractivity contribution >= 4 is 0 Å². The highest BCUT2D eigenvalue weighted by Crippen LogP contribution is 2.34. The zero-order valence-corrected chi connectivity index (χ0v) is 10.5. The van der Waals surface area contributed by atoms with Gasteiger partial charge in [-0.3, -0.25) is 0 Å². The molecular formula is C14H22O. The molecule has 0 aliphatic heterocycles. The van der Waals surface area contributed by atoms with Crippen molar-refractivity contribution in [3.8, 4) is 5.75 Å². The van der Waals surface area contributed by atoms with E-state index < -0.39 is 0 Å². The highest BCUT2D eigenvalue weighted by atomic mass is 16.5. The van der Waals surface area contributed by atoms with E-state index in [1.54, 1.807) is 7.11 Å². The van der Waals surface area contributed by atoms with Crippen LogP contribution in [0, 0.1) is 0 Å². The van der Waals surface area contributed by atoms with Gasteiger partial charge >= 0.3 is 0 Å². The van der Waals surface area contributed by atoms with E-state index in [9.17, 15) is 0 Å². The zero-order valence-electron chi connectivity index (χ0n) is 10.5. The molecule has 0 aromatic heterocycles. The monoisotopic (exact) mass is 206 g/mol. The fourth-order valence-corrected chi connectivity index (χ4v) is 2.01. The Labute approximate surface area is 93.5 Å². The van der Waals surface area contributed by atoms with E-state index >= 15 is 0 Å². The smallest absolute Gasteiger partial charge is 0.122 e. The maximum Gasteiger partial charge on any atom is 0.122 e. The highest BCUT2D eigenvalue weighted by Gasteiger charge is 2.15. The van der Waals surface area contributed by atoms with E-state index in [1.807, 2.05) is 0 Å². The summed E-state index contributed by atoms with van der Waals surface area (Å²) in [5.41, 5.74) is 2.81. The third kappa shape index (κ3) is 2.53. The van der Waals surface area contributed by atoms with Crippen LogP contribution in [0.5, 0.6) is 5.75 Å². The molecule has 1 rings (SSSR count). The lowest BCUT2D eigenvalue weighted by Crippen LogP contribution is -2.03. The summed E-state index contributed by atoms with van der Waals surface area (Å²) < 4.78 is 5.44. The lowest BCUT2D eigenvalue weighted by Gasteiger charge is -2.20. The summed E-state index contributed by atoms with van der Waals surface area (Å²) in [6.45, 7) is 8.96. The molecule has 1 unspecified atom stereocenters. The molecule has 1 heteroatoms. The van der Waals surface area contributed by atoms with Crippen molar-refractivity contribution in [3.63, 3.8) is 0 Å². The van der Waals surface area contributed by atoms with E-state index in [2.05, 4.69) is 45.9 Å². The number of hydrogen-bond acceptors (Lipinski definition) is 1. The second kappa shape index (κ2) is 5.20. The molecule has 0 saturated carbocycles. The van der Waals surface area contributed by atoms with Gasteiger partial charge in [0.15, 0.2) is 0 Å². The maximum atomic E-state index is 5.44. The minimum absolute atomic E-state index is 0.519. The summed E-state index contributed by atoms with van der Waals surface area (Å²) >= 11 is 0. The molecule has 0 heterocycles. The number of hydrogen-bond donors (Lipinski definition) is 0. The molecule has 1 aromatic rings. The average Bonchev–Trinajstić information content (AvgIpc) is 2.26. The zero-order chi connectivity index (χ0) is 11.4. The van der Waals surface area contributed by atoms with Gasteiger partial charge in [0.25, 0.3) is 0 Å². The van der Waals surface area contributed by atoms with Crippen LogP contribution in [-0.4, -0.2) is 7.11 Å². The quantitative estimate of drug-likeness (QED) is 0.712. The fraction of sp³-hybridized carbons (Fsp3) is 0.571. The van der Waals surface area contributed by atoms with Crippen molar-refractivity contribution in [2.45, 2.75) is 46.0 Å². The standard InChI is InChI=1S/C14H22O/c1-6-11(4)12-8-7-9-13(15-5)14(12)10(2)3/h7-11H,6H2,1-5H3. The first kappa shape index (κ1) is 12.1. The Hall–Kier alpha value is -0.980. The van der Waals surface area contributed by atoms with E-state index in [4.69, 9.17) is 4.74 Å². The molecule has 15 heavy (non-hydrogen) atoms. The van der Waals surface area contributed by atoms with Crippen LogP contribution >= 0.6 is 0 Å². The highest BCUT2D eigenvalue weighted by molar-refractivity contribution is 5.44. The minimum atomic E-state index is 0.519. The molecular weight excluding hydrogens is 184 g/mol. The predicted molar refractivity (Wildman–Crippen MR) is 65.8 cm³/mol. The lowest BCUT2D eigenvalue weighted by molar-refractivity contribution is 0.406. The molecule has 0 fully saturated rings. The minimum Gasteiger partial charge on any atom is -0.496 e. The first-order chi connectivity index (χ1) is 7.11. The summed E-state index contributed by atoms with van der Waals surface area (Å²) in [5, 5.41) is 0. The van der Waals surface area contributed by atoms with Gasteiger partial charge in [-0.1, -0.05) is 39.8 Å². The average molecular weight is 206 g/mol. The van der Waals surface area contributed by atoms with Crippen LogP contribution in [0.1, 0.15) is 57.1 Å². The predicted octanol–water partition coefficient (Wildman–Crippen LogP) is 4.33. The van der Waals surface area contributed by atoms with Gasteiger partial charge < -0.3 is 4.74 Å². The van der Waals surface area contributed by atoms with E-state index in [1.165, 1.54) is 17.5 Å². The van der Waals surface area contributed by atoms with Gasteiger partial charge in [-0.05, 0) is 29.9 Å². The number of methoxy groups -OCH3 is 1. The van der Waals surface area contributed by atoms with Gasteiger partial charge in [0.05, 0.1) is 7.11 Å². The van der Waals surface area contributed by atoms with E-state index in [-0.39, 0.29) is 0 Å². The van der Waals surface area contributed by atoms with Crippen molar-refractivity contribution in [3.05, 3.63) is 29.3 Å². The van der Waals surface area contributed by atoms with Crippen molar-refractivity contribution in [2.75, 3.05) is 7.11 Å². The molecule has 0 bridgehead atoms.